The van der Waals surface area contributed by atoms with Crippen molar-refractivity contribution in [1.82, 2.24) is 5.43 Å². The number of nitrogens with two attached hydrogens (primary N) is 1. The van der Waals surface area contributed by atoms with Crippen molar-refractivity contribution in [2.24, 2.45) is 28.1 Å². The van der Waals surface area contributed by atoms with Gasteiger partial charge in [-0.1, -0.05) is 37.0 Å². The van der Waals surface area contributed by atoms with E-state index in [9.17, 15) is 9.59 Å². The number of ether oxygens (including phenoxy) is 2. The van der Waals surface area contributed by atoms with E-state index in [0.717, 1.165) is 5.56 Å². The van der Waals surface area contributed by atoms with Gasteiger partial charge in [-0.2, -0.15) is 5.10 Å². The number of benzene rings is 1. The van der Waals surface area contributed by atoms with Crippen molar-refractivity contribution >= 4 is 40.7 Å². The monoisotopic (exact) mass is 427 g/mol. The highest BCUT2D eigenvalue weighted by molar-refractivity contribution is 6.55. The molecule has 1 aromatic carbocycles. The van der Waals surface area contributed by atoms with Crippen LogP contribution in [0.15, 0.2) is 33.9 Å². The van der Waals surface area contributed by atoms with E-state index in [4.69, 9.17) is 38.4 Å². The van der Waals surface area contributed by atoms with Crippen molar-refractivity contribution in [3.63, 3.8) is 0 Å². The average Bonchev–Trinajstić information content (AvgIpc) is 3.16. The second-order valence-electron chi connectivity index (χ2n) is 7.08. The first-order valence-electron chi connectivity index (χ1n) is 8.54. The maximum Gasteiger partial charge on any atom is 0.255 e. The zero-order valence-electron chi connectivity index (χ0n) is 16.1. The van der Waals surface area contributed by atoms with Gasteiger partial charge in [-0.25, -0.2) is 5.43 Å². The number of hydrazone groups is 1. The van der Waals surface area contributed by atoms with Crippen LogP contribution in [0.5, 0.6) is 11.5 Å². The Hall–Kier alpha value is -2.25. The molecule has 3 N–H and O–H groups in total. The summed E-state index contributed by atoms with van der Waals surface area (Å²) in [5.74, 6) is -0.267. The van der Waals surface area contributed by atoms with E-state index in [1.165, 1.54) is 7.11 Å². The molecule has 2 atom stereocenters. The van der Waals surface area contributed by atoms with Crippen LogP contribution in [-0.2, 0) is 9.59 Å². The van der Waals surface area contributed by atoms with E-state index >= 15 is 0 Å². The normalized spacial score (nSPS) is 20.1. The third-order valence-corrected chi connectivity index (χ3v) is 5.04. The molecule has 2 rings (SSSR count). The molecule has 0 bridgehead atoms. The molecule has 7 nitrogen and oxygen atoms in total. The Kier molecular flexibility index (Phi) is 6.96. The van der Waals surface area contributed by atoms with Gasteiger partial charge < -0.3 is 15.2 Å². The number of carbonyl (C=O) groups excluding carboxylic acids is 2. The van der Waals surface area contributed by atoms with Gasteiger partial charge in [0, 0.05) is 5.56 Å². The van der Waals surface area contributed by atoms with Crippen LogP contribution in [0.1, 0.15) is 26.3 Å². The summed E-state index contributed by atoms with van der Waals surface area (Å²) in [5, 5.41) is 4.17. The lowest BCUT2D eigenvalue weighted by Crippen LogP contribution is -2.23. The minimum absolute atomic E-state index is 0.0326. The number of carbonyl (C=O) groups is 2. The highest BCUT2D eigenvalue weighted by Crippen LogP contribution is 2.59. The molecule has 9 heteroatoms. The van der Waals surface area contributed by atoms with Crippen LogP contribution in [0.3, 0.4) is 0 Å². The highest BCUT2D eigenvalue weighted by atomic mass is 35.5. The molecule has 28 heavy (non-hydrogen) atoms. The quantitative estimate of drug-likeness (QED) is 0.491. The summed E-state index contributed by atoms with van der Waals surface area (Å²) in [6.07, 6.45) is 1.68. The van der Waals surface area contributed by atoms with Crippen LogP contribution >= 0.6 is 23.2 Å². The van der Waals surface area contributed by atoms with Gasteiger partial charge in [0.05, 0.1) is 18.7 Å². The van der Waals surface area contributed by atoms with E-state index < -0.39 is 5.91 Å². The first-order chi connectivity index (χ1) is 13.1. The van der Waals surface area contributed by atoms with Crippen LogP contribution < -0.4 is 20.6 Å². The molecule has 1 aliphatic rings. The molecular formula is C19H23Cl2N3O4. The number of nitrogens with one attached hydrogen (secondary N) is 1. The van der Waals surface area contributed by atoms with Gasteiger partial charge in [0.1, 0.15) is 4.49 Å². The summed E-state index contributed by atoms with van der Waals surface area (Å²) in [7, 11) is 1.48. The maximum atomic E-state index is 12.5. The number of hydrogen-bond acceptors (Lipinski definition) is 5. The fourth-order valence-electron chi connectivity index (χ4n) is 3.06. The largest absolute Gasteiger partial charge is 0.493 e. The van der Waals surface area contributed by atoms with E-state index in [0.29, 0.717) is 17.2 Å². The average molecular weight is 428 g/mol. The van der Waals surface area contributed by atoms with Crippen LogP contribution in [0, 0.1) is 17.3 Å². The minimum Gasteiger partial charge on any atom is -0.493 e. The van der Waals surface area contributed by atoms with Crippen molar-refractivity contribution in [2.75, 3.05) is 13.7 Å². The zero-order chi connectivity index (χ0) is 21.1. The number of halogens is 2. The van der Waals surface area contributed by atoms with Crippen molar-refractivity contribution in [3.05, 3.63) is 34.3 Å². The van der Waals surface area contributed by atoms with Crippen molar-refractivity contribution in [2.45, 2.75) is 20.8 Å². The lowest BCUT2D eigenvalue weighted by Gasteiger charge is -2.11. The van der Waals surface area contributed by atoms with Crippen LogP contribution in [0.25, 0.3) is 0 Å². The maximum absolute atomic E-state index is 12.5. The number of rotatable bonds is 8. The predicted molar refractivity (Wildman–Crippen MR) is 109 cm³/mol. The minimum atomic E-state index is -0.585. The molecule has 0 aliphatic heterocycles. The number of amides is 2. The Labute approximate surface area is 173 Å². The van der Waals surface area contributed by atoms with Crippen LogP contribution in [0.4, 0.5) is 0 Å². The fraction of sp³-hybridized carbons (Fsp3) is 0.421. The third kappa shape index (κ3) is 5.17. The molecule has 0 saturated heterocycles. The standard InChI is InChI=1S/C19H23Cl2N3O4/c1-10(11-5-6-13(14(7-11)27-4)28-9-16(22)25)23-24-18(26)17-12(8-15(20)21)19(17,2)3/h5-8,12,17H,9H2,1-4H3,(H2,22,25)(H,24,26)/b23-10+. The van der Waals surface area contributed by atoms with Gasteiger partial charge in [0.2, 0.25) is 5.91 Å². The number of nitrogens with zero attached hydrogens (tertiary/aromatic N) is 1. The summed E-state index contributed by atoms with van der Waals surface area (Å²) in [6.45, 7) is 5.45. The highest BCUT2D eigenvalue weighted by Gasteiger charge is 2.60. The first kappa shape index (κ1) is 22.0. The number of primary amides is 1. The van der Waals surface area contributed by atoms with Gasteiger partial charge in [0.25, 0.3) is 5.91 Å². The Morgan fingerprint density at radius 3 is 2.57 bits per heavy atom. The molecule has 1 aliphatic carbocycles. The predicted octanol–water partition coefficient (Wildman–Crippen LogP) is 2.99. The van der Waals surface area contributed by atoms with Crippen molar-refractivity contribution in [3.8, 4) is 11.5 Å². The number of allylic oxidation sites excluding steroid dienone is 1. The molecule has 0 heterocycles. The molecule has 1 fully saturated rings. The fourth-order valence-corrected chi connectivity index (χ4v) is 3.33. The topological polar surface area (TPSA) is 103 Å². The van der Waals surface area contributed by atoms with E-state index in [-0.39, 0.29) is 34.3 Å². The van der Waals surface area contributed by atoms with Crippen molar-refractivity contribution in [1.29, 1.82) is 0 Å². The van der Waals surface area contributed by atoms with Crippen molar-refractivity contribution < 1.29 is 19.1 Å². The lowest BCUT2D eigenvalue weighted by atomic mass is 10.1. The summed E-state index contributed by atoms with van der Waals surface area (Å²) in [4.78, 5) is 23.3. The van der Waals surface area contributed by atoms with Gasteiger partial charge in [-0.05, 0) is 42.5 Å². The molecule has 1 aromatic rings. The first-order valence-corrected chi connectivity index (χ1v) is 9.30. The van der Waals surface area contributed by atoms with Gasteiger partial charge in [0.15, 0.2) is 18.1 Å². The molecule has 0 radical (unpaired) electrons. The molecule has 0 aromatic heterocycles. The molecular weight excluding hydrogens is 405 g/mol. The van der Waals surface area contributed by atoms with Gasteiger partial charge >= 0.3 is 0 Å². The number of hydrogen-bond donors (Lipinski definition) is 2. The smallest absolute Gasteiger partial charge is 0.255 e. The van der Waals surface area contributed by atoms with Crippen LogP contribution in [0.2, 0.25) is 0 Å². The molecule has 152 valence electrons. The lowest BCUT2D eigenvalue weighted by molar-refractivity contribution is -0.123. The molecule has 2 amide bonds. The van der Waals surface area contributed by atoms with Gasteiger partial charge in [-0.3, -0.25) is 9.59 Å². The second-order valence-corrected chi connectivity index (χ2v) is 8.08. The molecule has 0 spiro atoms. The Bertz CT molecular complexity index is 832. The third-order valence-electron chi connectivity index (χ3n) is 4.78. The SMILES string of the molecule is COc1cc(/C(C)=N/NC(=O)C2C(C=C(Cl)Cl)C2(C)C)ccc1OCC(N)=O. The Morgan fingerprint density at radius 1 is 1.32 bits per heavy atom. The summed E-state index contributed by atoms with van der Waals surface area (Å²) in [6, 6.07) is 5.08. The second kappa shape index (κ2) is 8.84. The summed E-state index contributed by atoms with van der Waals surface area (Å²) in [5.41, 5.74) is 8.74. The summed E-state index contributed by atoms with van der Waals surface area (Å²) >= 11 is 11.4. The van der Waals surface area contributed by atoms with E-state index in [1.54, 1.807) is 31.2 Å². The summed E-state index contributed by atoms with van der Waals surface area (Å²) < 4.78 is 10.7. The zero-order valence-corrected chi connectivity index (χ0v) is 17.6. The Morgan fingerprint density at radius 2 is 2.00 bits per heavy atom. The molecule has 1 saturated carbocycles. The van der Waals surface area contributed by atoms with E-state index in [1.807, 2.05) is 13.8 Å². The number of methoxy groups -OCH3 is 1. The van der Waals surface area contributed by atoms with Crippen LogP contribution in [-0.4, -0.2) is 31.2 Å². The molecule has 2 unspecified atom stereocenters. The van der Waals surface area contributed by atoms with E-state index in [2.05, 4.69) is 10.5 Å². The van der Waals surface area contributed by atoms with Gasteiger partial charge in [-0.15, -0.1) is 0 Å². The Balaban J connectivity index is 2.08.